The van der Waals surface area contributed by atoms with E-state index in [4.69, 9.17) is 5.11 Å². The molecule has 0 aliphatic carbocycles. The molecule has 2 rings (SSSR count). The molecule has 2 heterocycles. The summed E-state index contributed by atoms with van der Waals surface area (Å²) in [5.41, 5.74) is 0.971. The Morgan fingerprint density at radius 3 is 3.06 bits per heavy atom. The van der Waals surface area contributed by atoms with Gasteiger partial charge in [-0.15, -0.1) is 5.10 Å². The fourth-order valence-electron chi connectivity index (χ4n) is 2.11. The Kier molecular flexibility index (Phi) is 3.42. The first-order chi connectivity index (χ1) is 8.06. The van der Waals surface area contributed by atoms with Gasteiger partial charge >= 0.3 is 5.97 Å². The van der Waals surface area contributed by atoms with E-state index in [9.17, 15) is 4.79 Å². The van der Waals surface area contributed by atoms with Gasteiger partial charge in [0.2, 0.25) is 0 Å². The third-order valence-corrected chi connectivity index (χ3v) is 2.95. The Labute approximate surface area is 100 Å². The summed E-state index contributed by atoms with van der Waals surface area (Å²) >= 11 is 0. The summed E-state index contributed by atoms with van der Waals surface area (Å²) in [5.74, 6) is -0.247. The topological polar surface area (TPSA) is 80.0 Å². The molecule has 1 fully saturated rings. The summed E-state index contributed by atoms with van der Waals surface area (Å²) in [4.78, 5) is 10.8. The summed E-state index contributed by atoms with van der Waals surface area (Å²) in [7, 11) is 0. The van der Waals surface area contributed by atoms with Crippen molar-refractivity contribution in [2.24, 2.45) is 5.92 Å². The van der Waals surface area contributed by atoms with Crippen molar-refractivity contribution >= 4 is 5.97 Å². The van der Waals surface area contributed by atoms with Crippen LogP contribution in [0, 0.1) is 5.92 Å². The first-order valence-corrected chi connectivity index (χ1v) is 5.93. The molecular formula is C11H18N4O2. The van der Waals surface area contributed by atoms with Gasteiger partial charge in [0.05, 0.1) is 11.7 Å². The molecular weight excluding hydrogens is 220 g/mol. The minimum absolute atomic E-state index is 0.101. The zero-order valence-corrected chi connectivity index (χ0v) is 10.1. The largest absolute Gasteiger partial charge is 0.480 e. The second-order valence-corrected chi connectivity index (χ2v) is 4.98. The average Bonchev–Trinajstić information content (AvgIpc) is 2.83. The van der Waals surface area contributed by atoms with Crippen molar-refractivity contribution in [1.29, 1.82) is 0 Å². The highest BCUT2D eigenvalue weighted by atomic mass is 16.4. The normalized spacial score (nSPS) is 24.4. The van der Waals surface area contributed by atoms with E-state index >= 15 is 0 Å². The predicted octanol–water partition coefficient (Wildman–Crippen LogP) is 0.464. The molecule has 94 valence electrons. The molecule has 1 aromatic rings. The van der Waals surface area contributed by atoms with E-state index in [2.05, 4.69) is 29.5 Å². The van der Waals surface area contributed by atoms with Crippen LogP contribution in [0.1, 0.15) is 32.0 Å². The van der Waals surface area contributed by atoms with E-state index in [1.54, 1.807) is 4.68 Å². The van der Waals surface area contributed by atoms with E-state index in [1.807, 2.05) is 6.20 Å². The second kappa shape index (κ2) is 4.83. The Balaban J connectivity index is 1.99. The van der Waals surface area contributed by atoms with Crippen molar-refractivity contribution in [3.63, 3.8) is 0 Å². The number of carboxylic acids is 1. The van der Waals surface area contributed by atoms with Crippen LogP contribution < -0.4 is 5.32 Å². The zero-order chi connectivity index (χ0) is 12.4. The van der Waals surface area contributed by atoms with E-state index in [0.717, 1.165) is 12.1 Å². The quantitative estimate of drug-likeness (QED) is 0.796. The van der Waals surface area contributed by atoms with Crippen molar-refractivity contribution in [2.45, 2.75) is 38.8 Å². The Morgan fingerprint density at radius 1 is 1.71 bits per heavy atom. The Morgan fingerprint density at radius 2 is 2.47 bits per heavy atom. The maximum absolute atomic E-state index is 10.8. The van der Waals surface area contributed by atoms with Crippen molar-refractivity contribution in [1.82, 2.24) is 20.3 Å². The number of aliphatic carboxylic acids is 1. The highest BCUT2D eigenvalue weighted by Crippen LogP contribution is 2.19. The molecule has 2 N–H and O–H groups in total. The summed E-state index contributed by atoms with van der Waals surface area (Å²) in [5, 5.41) is 20.0. The van der Waals surface area contributed by atoms with Crippen molar-refractivity contribution in [2.75, 3.05) is 6.54 Å². The lowest BCUT2D eigenvalue weighted by Gasteiger charge is -2.07. The molecule has 1 aliphatic rings. The minimum Gasteiger partial charge on any atom is -0.480 e. The number of nitrogens with zero attached hydrogens (tertiary/aromatic N) is 3. The lowest BCUT2D eigenvalue weighted by molar-refractivity contribution is -0.139. The third-order valence-electron chi connectivity index (χ3n) is 2.95. The monoisotopic (exact) mass is 238 g/mol. The highest BCUT2D eigenvalue weighted by molar-refractivity contribution is 5.73. The fourth-order valence-corrected chi connectivity index (χ4v) is 2.11. The highest BCUT2D eigenvalue weighted by Gasteiger charge is 2.30. The van der Waals surface area contributed by atoms with Gasteiger partial charge in [-0.25, -0.2) is 4.68 Å². The fraction of sp³-hybridized carbons (Fsp3) is 0.727. The summed E-state index contributed by atoms with van der Waals surface area (Å²) < 4.78 is 1.79. The van der Waals surface area contributed by atoms with Crippen molar-refractivity contribution in [3.8, 4) is 0 Å². The molecule has 0 unspecified atom stereocenters. The summed E-state index contributed by atoms with van der Waals surface area (Å²) in [6, 6.07) is -0.359. The van der Waals surface area contributed by atoms with Crippen molar-refractivity contribution in [3.05, 3.63) is 11.9 Å². The van der Waals surface area contributed by atoms with Gasteiger partial charge in [0.1, 0.15) is 6.04 Å². The first kappa shape index (κ1) is 12.0. The van der Waals surface area contributed by atoms with Gasteiger partial charge in [-0.05, 0) is 18.8 Å². The molecule has 0 bridgehead atoms. The van der Waals surface area contributed by atoms with Crippen LogP contribution in [-0.2, 0) is 11.2 Å². The van der Waals surface area contributed by atoms with E-state index < -0.39 is 12.0 Å². The lowest BCUT2D eigenvalue weighted by Crippen LogP contribution is -2.29. The standard InChI is InChI=1S/C11H18N4O2/c1-7(2)3-8-6-15(14-13-8)9-4-10(11(16)17)12-5-9/h6-7,9-10,12H,3-5H2,1-2H3,(H,16,17)/t9-,10-/m0/s1. The number of carboxylic acid groups (broad SMARTS) is 1. The van der Waals surface area contributed by atoms with Crippen LogP contribution in [-0.4, -0.2) is 38.7 Å². The molecule has 6 nitrogen and oxygen atoms in total. The molecule has 0 aromatic carbocycles. The molecule has 0 amide bonds. The van der Waals surface area contributed by atoms with Gasteiger partial charge < -0.3 is 10.4 Å². The van der Waals surface area contributed by atoms with Crippen molar-refractivity contribution < 1.29 is 9.90 Å². The molecule has 1 aromatic heterocycles. The lowest BCUT2D eigenvalue weighted by atomic mass is 10.1. The minimum atomic E-state index is -0.796. The van der Waals surface area contributed by atoms with Crippen LogP contribution >= 0.6 is 0 Å². The van der Waals surface area contributed by atoms with Gasteiger partial charge in [-0.1, -0.05) is 19.1 Å². The predicted molar refractivity (Wildman–Crippen MR) is 61.6 cm³/mol. The van der Waals surface area contributed by atoms with Crippen LogP contribution in [0.5, 0.6) is 0 Å². The van der Waals surface area contributed by atoms with Gasteiger partial charge in [-0.2, -0.15) is 0 Å². The molecule has 17 heavy (non-hydrogen) atoms. The Hall–Kier alpha value is -1.43. The second-order valence-electron chi connectivity index (χ2n) is 4.98. The van der Waals surface area contributed by atoms with E-state index in [-0.39, 0.29) is 6.04 Å². The molecule has 1 aliphatic heterocycles. The maximum Gasteiger partial charge on any atom is 0.320 e. The van der Waals surface area contributed by atoms with E-state index in [0.29, 0.717) is 18.9 Å². The Bertz CT molecular complexity index is 402. The van der Waals surface area contributed by atoms with Crippen LogP contribution in [0.4, 0.5) is 0 Å². The molecule has 2 atom stereocenters. The number of hydrogen-bond donors (Lipinski definition) is 2. The number of rotatable bonds is 4. The van der Waals surface area contributed by atoms with Crippen LogP contribution in [0.2, 0.25) is 0 Å². The number of aromatic nitrogens is 3. The third kappa shape index (κ3) is 2.82. The average molecular weight is 238 g/mol. The molecule has 1 saturated heterocycles. The SMILES string of the molecule is CC(C)Cc1cn([C@@H]2CN[C@H](C(=O)O)C2)nn1. The molecule has 0 spiro atoms. The first-order valence-electron chi connectivity index (χ1n) is 5.93. The molecule has 6 heteroatoms. The van der Waals surface area contributed by atoms with Crippen LogP contribution in [0.3, 0.4) is 0 Å². The summed E-state index contributed by atoms with van der Waals surface area (Å²) in [6.07, 6.45) is 3.40. The van der Waals surface area contributed by atoms with Gasteiger partial charge in [-0.3, -0.25) is 4.79 Å². The van der Waals surface area contributed by atoms with E-state index in [1.165, 1.54) is 0 Å². The number of carbonyl (C=O) groups is 1. The number of hydrogen-bond acceptors (Lipinski definition) is 4. The zero-order valence-electron chi connectivity index (χ0n) is 10.1. The molecule has 0 saturated carbocycles. The number of nitrogens with one attached hydrogen (secondary N) is 1. The van der Waals surface area contributed by atoms with Gasteiger partial charge in [0.15, 0.2) is 0 Å². The van der Waals surface area contributed by atoms with Crippen LogP contribution in [0.25, 0.3) is 0 Å². The maximum atomic E-state index is 10.8. The molecule has 0 radical (unpaired) electrons. The smallest absolute Gasteiger partial charge is 0.320 e. The summed E-state index contributed by atoms with van der Waals surface area (Å²) in [6.45, 7) is 4.91. The van der Waals surface area contributed by atoms with Crippen LogP contribution in [0.15, 0.2) is 6.20 Å². The van der Waals surface area contributed by atoms with Gasteiger partial charge in [0, 0.05) is 12.7 Å². The van der Waals surface area contributed by atoms with Gasteiger partial charge in [0.25, 0.3) is 0 Å².